The Morgan fingerprint density at radius 2 is 1.74 bits per heavy atom. The smallest absolute Gasteiger partial charge is 0.323 e. The minimum Gasteiger partial charge on any atom is -0.399 e. The van der Waals surface area contributed by atoms with Crippen molar-refractivity contribution < 1.29 is 4.79 Å². The normalized spacial score (nSPS) is 9.95. The van der Waals surface area contributed by atoms with E-state index in [1.165, 1.54) is 5.56 Å². The van der Waals surface area contributed by atoms with Crippen molar-refractivity contribution in [1.82, 2.24) is 0 Å². The number of aryl methyl sites for hydroxylation is 1. The molecule has 0 saturated heterocycles. The van der Waals surface area contributed by atoms with Crippen molar-refractivity contribution in [1.29, 1.82) is 0 Å². The van der Waals surface area contributed by atoms with Crippen LogP contribution in [0.1, 0.15) is 12.5 Å². The Hall–Kier alpha value is -2.49. The van der Waals surface area contributed by atoms with Crippen LogP contribution < -0.4 is 16.4 Å². The summed E-state index contributed by atoms with van der Waals surface area (Å²) in [6.07, 6.45) is 0.982. The number of nitrogens with two attached hydrogens (primary N) is 1. The first-order chi connectivity index (χ1) is 9.17. The lowest BCUT2D eigenvalue weighted by Gasteiger charge is -2.08. The Labute approximate surface area is 112 Å². The summed E-state index contributed by atoms with van der Waals surface area (Å²) < 4.78 is 0. The first kappa shape index (κ1) is 13.0. The SMILES string of the molecule is CCc1ccc(NC(=O)Nc2cccc(N)c2)cc1. The van der Waals surface area contributed by atoms with Gasteiger partial charge in [-0.2, -0.15) is 0 Å². The summed E-state index contributed by atoms with van der Waals surface area (Å²) in [6.45, 7) is 2.09. The van der Waals surface area contributed by atoms with Gasteiger partial charge in [-0.25, -0.2) is 4.79 Å². The van der Waals surface area contributed by atoms with Crippen molar-refractivity contribution in [2.45, 2.75) is 13.3 Å². The van der Waals surface area contributed by atoms with Crippen molar-refractivity contribution in [2.24, 2.45) is 0 Å². The van der Waals surface area contributed by atoms with Crippen molar-refractivity contribution in [3.05, 3.63) is 54.1 Å². The molecule has 4 nitrogen and oxygen atoms in total. The third kappa shape index (κ3) is 3.74. The second kappa shape index (κ2) is 5.91. The Morgan fingerprint density at radius 1 is 1.05 bits per heavy atom. The van der Waals surface area contributed by atoms with Gasteiger partial charge in [0.05, 0.1) is 0 Å². The van der Waals surface area contributed by atoms with Gasteiger partial charge in [0.1, 0.15) is 0 Å². The number of urea groups is 1. The van der Waals surface area contributed by atoms with E-state index in [0.717, 1.165) is 12.1 Å². The number of anilines is 3. The molecule has 0 aromatic heterocycles. The number of rotatable bonds is 3. The Morgan fingerprint density at radius 3 is 2.37 bits per heavy atom. The summed E-state index contributed by atoms with van der Waals surface area (Å²) in [5.74, 6) is 0. The third-order valence-electron chi connectivity index (χ3n) is 2.76. The molecule has 0 heterocycles. The van der Waals surface area contributed by atoms with Crippen LogP contribution in [0, 0.1) is 0 Å². The van der Waals surface area contributed by atoms with Crippen LogP contribution in [0.4, 0.5) is 21.9 Å². The van der Waals surface area contributed by atoms with Crippen molar-refractivity contribution in [2.75, 3.05) is 16.4 Å². The second-order valence-electron chi connectivity index (χ2n) is 4.26. The van der Waals surface area contributed by atoms with Gasteiger partial charge in [0.2, 0.25) is 0 Å². The van der Waals surface area contributed by atoms with E-state index < -0.39 is 0 Å². The summed E-state index contributed by atoms with van der Waals surface area (Å²) in [5.41, 5.74) is 8.93. The Balaban J connectivity index is 1.97. The highest BCUT2D eigenvalue weighted by Crippen LogP contribution is 2.13. The number of nitrogens with one attached hydrogen (secondary N) is 2. The maximum atomic E-state index is 11.8. The summed E-state index contributed by atoms with van der Waals surface area (Å²) in [6, 6.07) is 14.5. The number of carbonyl (C=O) groups excluding carboxylic acids is 1. The van der Waals surface area contributed by atoms with E-state index >= 15 is 0 Å². The number of hydrogen-bond donors (Lipinski definition) is 3. The molecule has 0 saturated carbocycles. The molecule has 2 aromatic rings. The van der Waals surface area contributed by atoms with Crippen LogP contribution in [0.5, 0.6) is 0 Å². The van der Waals surface area contributed by atoms with E-state index in [2.05, 4.69) is 17.6 Å². The molecule has 2 aromatic carbocycles. The molecule has 0 aliphatic rings. The quantitative estimate of drug-likeness (QED) is 0.735. The highest BCUT2D eigenvalue weighted by molar-refractivity contribution is 5.99. The van der Waals surface area contributed by atoms with E-state index in [1.807, 2.05) is 24.3 Å². The molecule has 0 unspecified atom stereocenters. The molecule has 2 rings (SSSR count). The molecule has 0 aliphatic carbocycles. The van der Waals surface area contributed by atoms with Crippen molar-refractivity contribution in [3.8, 4) is 0 Å². The summed E-state index contributed by atoms with van der Waals surface area (Å²) in [5, 5.41) is 5.50. The molecule has 4 heteroatoms. The van der Waals surface area contributed by atoms with Crippen LogP contribution in [-0.2, 0) is 6.42 Å². The third-order valence-corrected chi connectivity index (χ3v) is 2.76. The zero-order valence-electron chi connectivity index (χ0n) is 10.8. The number of hydrogen-bond acceptors (Lipinski definition) is 2. The zero-order chi connectivity index (χ0) is 13.7. The summed E-state index contributed by atoms with van der Waals surface area (Å²) in [7, 11) is 0. The Bertz CT molecular complexity index is 564. The highest BCUT2D eigenvalue weighted by Gasteiger charge is 2.02. The molecule has 0 spiro atoms. The lowest BCUT2D eigenvalue weighted by Crippen LogP contribution is -2.19. The van der Waals surface area contributed by atoms with Crippen LogP contribution in [0.3, 0.4) is 0 Å². The predicted octanol–water partition coefficient (Wildman–Crippen LogP) is 3.48. The fourth-order valence-corrected chi connectivity index (χ4v) is 1.73. The molecule has 98 valence electrons. The summed E-state index contributed by atoms with van der Waals surface area (Å²) in [4.78, 5) is 11.8. The van der Waals surface area contributed by atoms with Crippen molar-refractivity contribution in [3.63, 3.8) is 0 Å². The monoisotopic (exact) mass is 255 g/mol. The lowest BCUT2D eigenvalue weighted by atomic mass is 10.1. The van der Waals surface area contributed by atoms with Gasteiger partial charge in [0.25, 0.3) is 0 Å². The molecule has 4 N–H and O–H groups in total. The number of carbonyl (C=O) groups is 1. The maximum Gasteiger partial charge on any atom is 0.323 e. The first-order valence-corrected chi connectivity index (χ1v) is 6.20. The van der Waals surface area contributed by atoms with Gasteiger partial charge >= 0.3 is 6.03 Å². The number of benzene rings is 2. The van der Waals surface area contributed by atoms with Crippen LogP contribution in [0.15, 0.2) is 48.5 Å². The fourth-order valence-electron chi connectivity index (χ4n) is 1.73. The summed E-state index contributed by atoms with van der Waals surface area (Å²) >= 11 is 0. The van der Waals surface area contributed by atoms with Gasteiger partial charge in [-0.15, -0.1) is 0 Å². The molecule has 0 fully saturated rings. The predicted molar refractivity (Wildman–Crippen MR) is 79.3 cm³/mol. The van der Waals surface area contributed by atoms with Crippen LogP contribution in [0.2, 0.25) is 0 Å². The van der Waals surface area contributed by atoms with Gasteiger partial charge in [0.15, 0.2) is 0 Å². The minimum atomic E-state index is -0.283. The average Bonchev–Trinajstić information content (AvgIpc) is 2.39. The molecular formula is C15H17N3O. The average molecular weight is 255 g/mol. The standard InChI is InChI=1S/C15H17N3O/c1-2-11-6-8-13(9-7-11)17-15(19)18-14-5-3-4-12(16)10-14/h3-10H,2,16H2,1H3,(H2,17,18,19). The molecule has 0 radical (unpaired) electrons. The van der Waals surface area contributed by atoms with E-state index in [0.29, 0.717) is 11.4 Å². The largest absolute Gasteiger partial charge is 0.399 e. The van der Waals surface area contributed by atoms with Crippen LogP contribution in [-0.4, -0.2) is 6.03 Å². The van der Waals surface area contributed by atoms with Gasteiger partial charge in [-0.05, 0) is 42.3 Å². The van der Waals surface area contributed by atoms with E-state index in [1.54, 1.807) is 24.3 Å². The molecule has 0 bridgehead atoms. The molecular weight excluding hydrogens is 238 g/mol. The lowest BCUT2D eigenvalue weighted by molar-refractivity contribution is 0.262. The van der Waals surface area contributed by atoms with Crippen molar-refractivity contribution >= 4 is 23.1 Å². The molecule has 2 amide bonds. The zero-order valence-corrected chi connectivity index (χ0v) is 10.8. The van der Waals surface area contributed by atoms with Crippen LogP contribution >= 0.6 is 0 Å². The van der Waals surface area contributed by atoms with E-state index in [4.69, 9.17) is 5.73 Å². The van der Waals surface area contributed by atoms with Gasteiger partial charge in [-0.1, -0.05) is 25.1 Å². The second-order valence-corrected chi connectivity index (χ2v) is 4.26. The van der Waals surface area contributed by atoms with Crippen LogP contribution in [0.25, 0.3) is 0 Å². The minimum absolute atomic E-state index is 0.283. The number of amides is 2. The van der Waals surface area contributed by atoms with Gasteiger partial charge < -0.3 is 16.4 Å². The van der Waals surface area contributed by atoms with E-state index in [9.17, 15) is 4.79 Å². The molecule has 0 atom stereocenters. The van der Waals surface area contributed by atoms with E-state index in [-0.39, 0.29) is 6.03 Å². The van der Waals surface area contributed by atoms with Gasteiger partial charge in [0, 0.05) is 17.1 Å². The first-order valence-electron chi connectivity index (χ1n) is 6.20. The van der Waals surface area contributed by atoms with Gasteiger partial charge in [-0.3, -0.25) is 0 Å². The topological polar surface area (TPSA) is 67.2 Å². The maximum absolute atomic E-state index is 11.8. The number of nitrogen functional groups attached to an aromatic ring is 1. The molecule has 19 heavy (non-hydrogen) atoms. The Kier molecular flexibility index (Phi) is 4.03. The molecule has 0 aliphatic heterocycles. The fraction of sp³-hybridized carbons (Fsp3) is 0.133. The highest BCUT2D eigenvalue weighted by atomic mass is 16.2.